The molecule has 0 spiro atoms. The van der Waals surface area contributed by atoms with Gasteiger partial charge in [-0.2, -0.15) is 5.10 Å². The SMILES string of the molecule is Cc1cc(CCOc2ccc(F)cc2Cl)n[nH]1. The van der Waals surface area contributed by atoms with E-state index in [0.717, 1.165) is 11.4 Å². The monoisotopic (exact) mass is 254 g/mol. The van der Waals surface area contributed by atoms with Crippen LogP contribution in [0.15, 0.2) is 24.3 Å². The Balaban J connectivity index is 1.90. The zero-order valence-corrected chi connectivity index (χ0v) is 10.1. The lowest BCUT2D eigenvalue weighted by atomic mass is 10.3. The topological polar surface area (TPSA) is 37.9 Å². The number of H-pyrrole nitrogens is 1. The van der Waals surface area contributed by atoms with Crippen molar-refractivity contribution in [3.63, 3.8) is 0 Å². The first-order chi connectivity index (χ1) is 8.15. The lowest BCUT2D eigenvalue weighted by molar-refractivity contribution is 0.320. The van der Waals surface area contributed by atoms with E-state index in [-0.39, 0.29) is 10.8 Å². The second-order valence-electron chi connectivity index (χ2n) is 3.72. The van der Waals surface area contributed by atoms with Crippen LogP contribution >= 0.6 is 11.6 Å². The van der Waals surface area contributed by atoms with Gasteiger partial charge in [-0.25, -0.2) is 4.39 Å². The lowest BCUT2D eigenvalue weighted by Crippen LogP contribution is -2.02. The highest BCUT2D eigenvalue weighted by atomic mass is 35.5. The molecule has 0 fully saturated rings. The molecule has 1 aromatic heterocycles. The van der Waals surface area contributed by atoms with Crippen LogP contribution in [0.3, 0.4) is 0 Å². The Hall–Kier alpha value is -1.55. The molecule has 2 rings (SSSR count). The minimum absolute atomic E-state index is 0.281. The van der Waals surface area contributed by atoms with Crippen LogP contribution in [0.25, 0.3) is 0 Å². The van der Waals surface area contributed by atoms with E-state index in [0.29, 0.717) is 18.8 Å². The van der Waals surface area contributed by atoms with Gasteiger partial charge in [0, 0.05) is 12.1 Å². The molecule has 0 atom stereocenters. The summed E-state index contributed by atoms with van der Waals surface area (Å²) in [5, 5.41) is 7.22. The quantitative estimate of drug-likeness (QED) is 0.910. The van der Waals surface area contributed by atoms with Crippen molar-refractivity contribution in [2.75, 3.05) is 6.61 Å². The van der Waals surface area contributed by atoms with E-state index in [1.807, 2.05) is 13.0 Å². The molecule has 0 unspecified atom stereocenters. The average Bonchev–Trinajstić information content (AvgIpc) is 2.68. The Kier molecular flexibility index (Phi) is 3.64. The van der Waals surface area contributed by atoms with Gasteiger partial charge in [-0.1, -0.05) is 11.6 Å². The van der Waals surface area contributed by atoms with E-state index in [2.05, 4.69) is 10.2 Å². The lowest BCUT2D eigenvalue weighted by Gasteiger charge is -2.06. The van der Waals surface area contributed by atoms with Crippen LogP contribution in [-0.4, -0.2) is 16.8 Å². The molecule has 0 amide bonds. The number of aromatic amines is 1. The van der Waals surface area contributed by atoms with Gasteiger partial charge in [-0.05, 0) is 31.2 Å². The molecule has 0 bridgehead atoms. The van der Waals surface area contributed by atoms with Gasteiger partial charge in [-0.3, -0.25) is 5.10 Å². The fourth-order valence-corrected chi connectivity index (χ4v) is 1.68. The molecule has 3 nitrogen and oxygen atoms in total. The number of halogens is 2. The number of nitrogens with one attached hydrogen (secondary N) is 1. The maximum Gasteiger partial charge on any atom is 0.138 e. The number of ether oxygens (including phenoxy) is 1. The van der Waals surface area contributed by atoms with Crippen LogP contribution in [0.5, 0.6) is 5.75 Å². The zero-order chi connectivity index (χ0) is 12.3. The normalized spacial score (nSPS) is 10.5. The molecule has 1 heterocycles. The number of aryl methyl sites for hydroxylation is 1. The first-order valence-corrected chi connectivity index (χ1v) is 5.61. The Labute approximate surface area is 104 Å². The molecule has 0 aliphatic rings. The predicted molar refractivity (Wildman–Crippen MR) is 63.9 cm³/mol. The maximum absolute atomic E-state index is 12.8. The van der Waals surface area contributed by atoms with Crippen molar-refractivity contribution in [1.29, 1.82) is 0 Å². The van der Waals surface area contributed by atoms with Gasteiger partial charge < -0.3 is 4.74 Å². The number of nitrogens with zero attached hydrogens (tertiary/aromatic N) is 1. The third kappa shape index (κ3) is 3.20. The predicted octanol–water partition coefficient (Wildman–Crippen LogP) is 3.13. The Morgan fingerprint density at radius 1 is 1.41 bits per heavy atom. The fraction of sp³-hybridized carbons (Fsp3) is 0.250. The fourth-order valence-electron chi connectivity index (χ4n) is 1.46. The van der Waals surface area contributed by atoms with Crippen molar-refractivity contribution < 1.29 is 9.13 Å². The van der Waals surface area contributed by atoms with Crippen molar-refractivity contribution in [2.24, 2.45) is 0 Å². The molecule has 0 saturated carbocycles. The number of hydrogen-bond donors (Lipinski definition) is 1. The molecule has 17 heavy (non-hydrogen) atoms. The van der Waals surface area contributed by atoms with E-state index in [1.165, 1.54) is 18.2 Å². The highest BCUT2D eigenvalue weighted by Gasteiger charge is 2.04. The number of benzene rings is 1. The third-order valence-electron chi connectivity index (χ3n) is 2.27. The van der Waals surface area contributed by atoms with Crippen molar-refractivity contribution in [3.8, 4) is 5.75 Å². The molecule has 1 aromatic carbocycles. The molecular formula is C12H12ClFN2O. The summed E-state index contributed by atoms with van der Waals surface area (Å²) in [5.41, 5.74) is 1.94. The summed E-state index contributed by atoms with van der Waals surface area (Å²) in [6, 6.07) is 6.03. The van der Waals surface area contributed by atoms with E-state index >= 15 is 0 Å². The molecule has 0 radical (unpaired) electrons. The van der Waals surface area contributed by atoms with Gasteiger partial charge in [0.1, 0.15) is 11.6 Å². The number of hydrogen-bond acceptors (Lipinski definition) is 2. The Morgan fingerprint density at radius 3 is 2.88 bits per heavy atom. The Bertz CT molecular complexity index is 513. The average molecular weight is 255 g/mol. The second kappa shape index (κ2) is 5.19. The molecular weight excluding hydrogens is 243 g/mol. The molecule has 0 aliphatic heterocycles. The van der Waals surface area contributed by atoms with Crippen LogP contribution in [0.1, 0.15) is 11.4 Å². The Morgan fingerprint density at radius 2 is 2.24 bits per heavy atom. The smallest absolute Gasteiger partial charge is 0.138 e. The molecule has 0 aliphatic carbocycles. The van der Waals surface area contributed by atoms with Crippen LogP contribution in [0.2, 0.25) is 5.02 Å². The van der Waals surface area contributed by atoms with E-state index < -0.39 is 0 Å². The molecule has 1 N–H and O–H groups in total. The van der Waals surface area contributed by atoms with Gasteiger partial charge in [0.25, 0.3) is 0 Å². The van der Waals surface area contributed by atoms with Crippen LogP contribution in [-0.2, 0) is 6.42 Å². The summed E-state index contributed by atoms with van der Waals surface area (Å²) in [6.07, 6.45) is 0.679. The van der Waals surface area contributed by atoms with Crippen LogP contribution < -0.4 is 4.74 Å². The molecule has 90 valence electrons. The number of rotatable bonds is 4. The summed E-state index contributed by atoms with van der Waals surface area (Å²) in [5.74, 6) is 0.116. The summed E-state index contributed by atoms with van der Waals surface area (Å²) >= 11 is 5.83. The first kappa shape index (κ1) is 11.9. The zero-order valence-electron chi connectivity index (χ0n) is 9.34. The van der Waals surface area contributed by atoms with Gasteiger partial charge >= 0.3 is 0 Å². The van der Waals surface area contributed by atoms with E-state index in [1.54, 1.807) is 0 Å². The summed E-state index contributed by atoms with van der Waals surface area (Å²) in [7, 11) is 0. The minimum atomic E-state index is -0.370. The van der Waals surface area contributed by atoms with Crippen molar-refractivity contribution in [2.45, 2.75) is 13.3 Å². The standard InChI is InChI=1S/C12H12ClFN2O/c1-8-6-10(16-15-8)4-5-17-12-3-2-9(14)7-11(12)13/h2-3,6-7H,4-5H2,1H3,(H,15,16). The van der Waals surface area contributed by atoms with Gasteiger partial charge in [0.15, 0.2) is 0 Å². The van der Waals surface area contributed by atoms with E-state index in [4.69, 9.17) is 16.3 Å². The van der Waals surface area contributed by atoms with Gasteiger partial charge in [-0.15, -0.1) is 0 Å². The van der Waals surface area contributed by atoms with E-state index in [9.17, 15) is 4.39 Å². The number of aromatic nitrogens is 2. The molecule has 0 saturated heterocycles. The minimum Gasteiger partial charge on any atom is -0.492 e. The first-order valence-electron chi connectivity index (χ1n) is 5.24. The van der Waals surface area contributed by atoms with Crippen molar-refractivity contribution in [1.82, 2.24) is 10.2 Å². The second-order valence-corrected chi connectivity index (χ2v) is 4.12. The summed E-state index contributed by atoms with van der Waals surface area (Å²) in [6.45, 7) is 2.39. The third-order valence-corrected chi connectivity index (χ3v) is 2.56. The molecule has 2 aromatic rings. The maximum atomic E-state index is 12.8. The molecule has 5 heteroatoms. The highest BCUT2D eigenvalue weighted by Crippen LogP contribution is 2.24. The van der Waals surface area contributed by atoms with Crippen molar-refractivity contribution in [3.05, 3.63) is 46.5 Å². The van der Waals surface area contributed by atoms with Crippen molar-refractivity contribution >= 4 is 11.6 Å². The largest absolute Gasteiger partial charge is 0.492 e. The highest BCUT2D eigenvalue weighted by molar-refractivity contribution is 6.32. The van der Waals surface area contributed by atoms with Gasteiger partial charge in [0.2, 0.25) is 0 Å². The van der Waals surface area contributed by atoms with Crippen LogP contribution in [0.4, 0.5) is 4.39 Å². The van der Waals surface area contributed by atoms with Crippen LogP contribution in [0, 0.1) is 12.7 Å². The summed E-state index contributed by atoms with van der Waals surface area (Å²) < 4.78 is 18.2. The summed E-state index contributed by atoms with van der Waals surface area (Å²) in [4.78, 5) is 0. The van der Waals surface area contributed by atoms with Gasteiger partial charge in [0.05, 0.1) is 17.3 Å².